The number of halogens is 3. The Morgan fingerprint density at radius 2 is 2.14 bits per heavy atom. The Labute approximate surface area is 121 Å². The van der Waals surface area contributed by atoms with Gasteiger partial charge in [0.2, 0.25) is 5.91 Å². The average molecular weight is 303 g/mol. The van der Waals surface area contributed by atoms with E-state index in [1.54, 1.807) is 17.9 Å². The van der Waals surface area contributed by atoms with Crippen molar-refractivity contribution < 1.29 is 18.0 Å². The number of hydrogen-bond donors (Lipinski definition) is 1. The van der Waals surface area contributed by atoms with E-state index in [1.165, 1.54) is 0 Å². The number of aromatic nitrogens is 2. The van der Waals surface area contributed by atoms with Gasteiger partial charge in [0, 0.05) is 25.7 Å². The molecule has 1 aliphatic carbocycles. The summed E-state index contributed by atoms with van der Waals surface area (Å²) in [5, 5.41) is 6.64. The lowest BCUT2D eigenvalue weighted by atomic mass is 9.78. The highest BCUT2D eigenvalue weighted by Crippen LogP contribution is 2.41. The monoisotopic (exact) mass is 303 g/mol. The highest BCUT2D eigenvalue weighted by Gasteiger charge is 2.47. The van der Waals surface area contributed by atoms with Gasteiger partial charge in [-0.15, -0.1) is 0 Å². The van der Waals surface area contributed by atoms with Gasteiger partial charge in [0.25, 0.3) is 0 Å². The average Bonchev–Trinajstić information content (AvgIpc) is 2.83. The molecule has 1 heterocycles. The minimum atomic E-state index is -4.29. The normalized spacial score (nSPS) is 23.0. The van der Waals surface area contributed by atoms with Crippen LogP contribution in [0, 0.1) is 11.8 Å². The molecular weight excluding hydrogens is 283 g/mol. The van der Waals surface area contributed by atoms with Crippen LogP contribution >= 0.6 is 0 Å². The molecule has 1 saturated carbocycles. The molecule has 118 valence electrons. The van der Waals surface area contributed by atoms with Crippen LogP contribution in [-0.4, -0.2) is 28.4 Å². The number of nitrogens with zero attached hydrogens (tertiary/aromatic N) is 2. The summed E-state index contributed by atoms with van der Waals surface area (Å²) in [6.45, 7) is 0.339. The highest BCUT2D eigenvalue weighted by molar-refractivity contribution is 5.79. The Hall–Kier alpha value is -1.53. The van der Waals surface area contributed by atoms with Gasteiger partial charge in [-0.25, -0.2) is 0 Å². The van der Waals surface area contributed by atoms with E-state index in [0.29, 0.717) is 32.2 Å². The molecule has 0 aliphatic heterocycles. The van der Waals surface area contributed by atoms with E-state index in [0.717, 1.165) is 5.56 Å². The molecule has 1 amide bonds. The zero-order valence-corrected chi connectivity index (χ0v) is 12.0. The van der Waals surface area contributed by atoms with Crippen molar-refractivity contribution in [3.05, 3.63) is 18.0 Å². The van der Waals surface area contributed by atoms with Crippen molar-refractivity contribution in [2.75, 3.05) is 6.54 Å². The summed E-state index contributed by atoms with van der Waals surface area (Å²) in [7, 11) is 1.79. The van der Waals surface area contributed by atoms with Gasteiger partial charge in [0.1, 0.15) is 0 Å². The number of aryl methyl sites for hydroxylation is 1. The molecule has 0 spiro atoms. The molecule has 0 radical (unpaired) electrons. The number of carbonyl (C=O) groups is 1. The van der Waals surface area contributed by atoms with Crippen molar-refractivity contribution >= 4 is 5.91 Å². The van der Waals surface area contributed by atoms with Gasteiger partial charge in [0.15, 0.2) is 0 Å². The van der Waals surface area contributed by atoms with Gasteiger partial charge < -0.3 is 5.32 Å². The molecule has 7 heteroatoms. The third kappa shape index (κ3) is 4.22. The van der Waals surface area contributed by atoms with Crippen LogP contribution in [0.15, 0.2) is 12.4 Å². The Bertz CT molecular complexity index is 484. The molecule has 0 bridgehead atoms. The van der Waals surface area contributed by atoms with E-state index in [9.17, 15) is 18.0 Å². The summed E-state index contributed by atoms with van der Waals surface area (Å²) in [5.74, 6) is -2.90. The highest BCUT2D eigenvalue weighted by atomic mass is 19.4. The number of nitrogens with one attached hydrogen (secondary N) is 1. The number of carbonyl (C=O) groups excluding carboxylic acids is 1. The van der Waals surface area contributed by atoms with Crippen molar-refractivity contribution in [1.82, 2.24) is 15.1 Å². The first-order valence-corrected chi connectivity index (χ1v) is 7.20. The maximum absolute atomic E-state index is 13.0. The van der Waals surface area contributed by atoms with Crippen LogP contribution in [0.1, 0.15) is 31.2 Å². The summed E-state index contributed by atoms with van der Waals surface area (Å²) in [4.78, 5) is 12.0. The molecular formula is C14H20F3N3O. The van der Waals surface area contributed by atoms with E-state index in [4.69, 9.17) is 0 Å². The SMILES string of the molecule is Cn1cc(CCNC(=O)[C@H]2CCCC[C@H]2C(F)(F)F)cn1. The number of alkyl halides is 3. The zero-order valence-electron chi connectivity index (χ0n) is 12.0. The lowest BCUT2D eigenvalue weighted by molar-refractivity contribution is -0.198. The van der Waals surface area contributed by atoms with Gasteiger partial charge in [-0.2, -0.15) is 18.3 Å². The molecule has 0 saturated heterocycles. The molecule has 2 rings (SSSR count). The first-order chi connectivity index (χ1) is 9.88. The molecule has 1 fully saturated rings. The summed E-state index contributed by atoms with van der Waals surface area (Å²) < 4.78 is 40.5. The van der Waals surface area contributed by atoms with Crippen molar-refractivity contribution in [2.24, 2.45) is 18.9 Å². The Morgan fingerprint density at radius 1 is 1.43 bits per heavy atom. The van der Waals surface area contributed by atoms with Crippen LogP contribution in [0.25, 0.3) is 0 Å². The fourth-order valence-electron chi connectivity index (χ4n) is 2.90. The predicted octanol–water partition coefficient (Wildman–Crippen LogP) is 2.45. The van der Waals surface area contributed by atoms with Crippen molar-refractivity contribution in [2.45, 2.75) is 38.3 Å². The van der Waals surface area contributed by atoms with Crippen molar-refractivity contribution in [3.8, 4) is 0 Å². The number of hydrogen-bond acceptors (Lipinski definition) is 2. The molecule has 1 aromatic heterocycles. The second kappa shape index (κ2) is 6.49. The molecule has 21 heavy (non-hydrogen) atoms. The maximum atomic E-state index is 13.0. The van der Waals surface area contributed by atoms with Gasteiger partial charge in [-0.05, 0) is 24.8 Å². The van der Waals surface area contributed by atoms with E-state index in [1.807, 2.05) is 6.20 Å². The van der Waals surface area contributed by atoms with Crippen LogP contribution in [0.5, 0.6) is 0 Å². The van der Waals surface area contributed by atoms with Crippen LogP contribution in [0.3, 0.4) is 0 Å². The molecule has 2 atom stereocenters. The van der Waals surface area contributed by atoms with Crippen LogP contribution < -0.4 is 5.32 Å². The first-order valence-electron chi connectivity index (χ1n) is 7.20. The summed E-state index contributed by atoms with van der Waals surface area (Å²) in [6, 6.07) is 0. The minimum Gasteiger partial charge on any atom is -0.356 e. The topological polar surface area (TPSA) is 46.9 Å². The summed E-state index contributed by atoms with van der Waals surface area (Å²) in [5.41, 5.74) is 0.953. The maximum Gasteiger partial charge on any atom is 0.392 e. The summed E-state index contributed by atoms with van der Waals surface area (Å²) >= 11 is 0. The second-order valence-corrected chi connectivity index (χ2v) is 5.60. The molecule has 1 N–H and O–H groups in total. The van der Waals surface area contributed by atoms with Crippen LogP contribution in [0.4, 0.5) is 13.2 Å². The Balaban J connectivity index is 1.86. The van der Waals surface area contributed by atoms with E-state index in [2.05, 4.69) is 10.4 Å². The molecule has 0 aromatic carbocycles. The smallest absolute Gasteiger partial charge is 0.356 e. The number of rotatable bonds is 4. The van der Waals surface area contributed by atoms with Gasteiger partial charge in [-0.1, -0.05) is 12.8 Å². The van der Waals surface area contributed by atoms with Crippen LogP contribution in [0.2, 0.25) is 0 Å². The third-order valence-corrected chi connectivity index (χ3v) is 3.99. The summed E-state index contributed by atoms with van der Waals surface area (Å²) in [6.07, 6.45) is 1.41. The lowest BCUT2D eigenvalue weighted by Gasteiger charge is -2.31. The van der Waals surface area contributed by atoms with Crippen LogP contribution in [-0.2, 0) is 18.3 Å². The minimum absolute atomic E-state index is 0.0597. The number of amides is 1. The fraction of sp³-hybridized carbons (Fsp3) is 0.714. The largest absolute Gasteiger partial charge is 0.392 e. The van der Waals surface area contributed by atoms with Crippen molar-refractivity contribution in [3.63, 3.8) is 0 Å². The predicted molar refractivity (Wildman–Crippen MR) is 71.4 cm³/mol. The van der Waals surface area contributed by atoms with Gasteiger partial charge in [0.05, 0.1) is 12.1 Å². The quantitative estimate of drug-likeness (QED) is 0.928. The van der Waals surface area contributed by atoms with E-state index < -0.39 is 23.9 Å². The standard InChI is InChI=1S/C14H20F3N3O/c1-20-9-10(8-19-20)6-7-18-13(21)11-4-2-3-5-12(11)14(15,16)17/h8-9,11-12H,2-7H2,1H3,(H,18,21)/t11-,12+/m0/s1. The molecule has 4 nitrogen and oxygen atoms in total. The Kier molecular flexibility index (Phi) is 4.90. The first kappa shape index (κ1) is 15.9. The Morgan fingerprint density at radius 3 is 2.76 bits per heavy atom. The molecule has 1 aromatic rings. The second-order valence-electron chi connectivity index (χ2n) is 5.60. The fourth-order valence-corrected chi connectivity index (χ4v) is 2.90. The third-order valence-electron chi connectivity index (χ3n) is 3.99. The molecule has 1 aliphatic rings. The zero-order chi connectivity index (χ0) is 15.5. The van der Waals surface area contributed by atoms with E-state index in [-0.39, 0.29) is 6.42 Å². The van der Waals surface area contributed by atoms with Gasteiger partial charge >= 0.3 is 6.18 Å². The van der Waals surface area contributed by atoms with E-state index >= 15 is 0 Å². The lowest BCUT2D eigenvalue weighted by Crippen LogP contribution is -2.43. The van der Waals surface area contributed by atoms with Crippen molar-refractivity contribution in [1.29, 1.82) is 0 Å². The van der Waals surface area contributed by atoms with Gasteiger partial charge in [-0.3, -0.25) is 9.48 Å². The molecule has 0 unspecified atom stereocenters.